The summed E-state index contributed by atoms with van der Waals surface area (Å²) in [4.78, 5) is 6.94. The zero-order chi connectivity index (χ0) is 15.8. The molecule has 21 heavy (non-hydrogen) atoms. The lowest BCUT2D eigenvalue weighted by atomic mass is 9.71. The highest BCUT2D eigenvalue weighted by molar-refractivity contribution is 6.28. The average Bonchev–Trinajstić information content (AvgIpc) is 2.23. The van der Waals surface area contributed by atoms with Crippen molar-refractivity contribution in [2.75, 3.05) is 0 Å². The average molecular weight is 323 g/mol. The van der Waals surface area contributed by atoms with Crippen LogP contribution in [0.4, 0.5) is 13.2 Å². The number of ether oxygens (including phenoxy) is 1. The molecule has 1 aliphatic carbocycles. The van der Waals surface area contributed by atoms with Crippen molar-refractivity contribution in [3.63, 3.8) is 0 Å². The molecule has 0 aromatic carbocycles. The summed E-state index contributed by atoms with van der Waals surface area (Å²) in [5.74, 6) is 0.343. The summed E-state index contributed by atoms with van der Waals surface area (Å²) in [5, 5.41) is -0.456. The quantitative estimate of drug-likeness (QED) is 0.737. The van der Waals surface area contributed by atoms with E-state index in [0.29, 0.717) is 5.92 Å². The van der Waals surface area contributed by atoms with Crippen molar-refractivity contribution in [3.05, 3.63) is 17.0 Å². The third kappa shape index (κ3) is 4.46. The van der Waals surface area contributed by atoms with Crippen LogP contribution in [0, 0.1) is 11.3 Å². The van der Waals surface area contributed by atoms with Crippen molar-refractivity contribution in [2.45, 2.75) is 52.3 Å². The van der Waals surface area contributed by atoms with E-state index in [1.165, 1.54) is 0 Å². The molecular weight excluding hydrogens is 305 g/mol. The Morgan fingerprint density at radius 2 is 1.95 bits per heavy atom. The summed E-state index contributed by atoms with van der Waals surface area (Å²) in [7, 11) is 0. The van der Waals surface area contributed by atoms with Crippen LogP contribution in [-0.2, 0) is 6.18 Å². The summed E-state index contributed by atoms with van der Waals surface area (Å²) >= 11 is 5.56. The monoisotopic (exact) mass is 322 g/mol. The Morgan fingerprint density at radius 1 is 1.29 bits per heavy atom. The molecule has 1 aliphatic rings. The van der Waals surface area contributed by atoms with Crippen LogP contribution in [0.1, 0.15) is 45.7 Å². The molecule has 2 atom stereocenters. The third-order valence-electron chi connectivity index (χ3n) is 3.60. The van der Waals surface area contributed by atoms with Gasteiger partial charge in [0.15, 0.2) is 5.69 Å². The Hall–Kier alpha value is -1.04. The molecule has 1 fully saturated rings. The summed E-state index contributed by atoms with van der Waals surface area (Å²) in [6.07, 6.45) is -2.07. The van der Waals surface area contributed by atoms with E-state index in [2.05, 4.69) is 30.7 Å². The molecule has 118 valence electrons. The van der Waals surface area contributed by atoms with E-state index in [1.54, 1.807) is 0 Å². The number of nitrogens with zero attached hydrogens (tertiary/aromatic N) is 2. The molecule has 0 radical (unpaired) electrons. The molecule has 2 rings (SSSR count). The predicted octanol–water partition coefficient (Wildman–Crippen LogP) is 4.74. The first kappa shape index (κ1) is 16.3. The summed E-state index contributed by atoms with van der Waals surface area (Å²) in [6, 6.07) is 0.804. The van der Waals surface area contributed by atoms with Gasteiger partial charge in [-0.2, -0.15) is 18.2 Å². The summed E-state index contributed by atoms with van der Waals surface area (Å²) in [5.41, 5.74) is -0.980. The number of hydrogen-bond acceptors (Lipinski definition) is 3. The molecule has 0 N–H and O–H groups in total. The molecular formula is C14H18ClF3N2O. The fraction of sp³-hybridized carbons (Fsp3) is 0.714. The highest BCUT2D eigenvalue weighted by Gasteiger charge is 2.36. The van der Waals surface area contributed by atoms with Crippen LogP contribution < -0.4 is 4.74 Å². The second-order valence-corrected chi connectivity index (χ2v) is 6.85. The predicted molar refractivity (Wildman–Crippen MR) is 73.3 cm³/mol. The fourth-order valence-electron chi connectivity index (χ4n) is 3.12. The van der Waals surface area contributed by atoms with Gasteiger partial charge in [0.25, 0.3) is 0 Å². The summed E-state index contributed by atoms with van der Waals surface area (Å²) in [6.45, 7) is 6.38. The Morgan fingerprint density at radius 3 is 2.52 bits per heavy atom. The number of rotatable bonds is 2. The van der Waals surface area contributed by atoms with Gasteiger partial charge in [-0.15, -0.1) is 0 Å². The minimum atomic E-state index is -4.57. The van der Waals surface area contributed by atoms with Gasteiger partial charge in [0, 0.05) is 6.07 Å². The van der Waals surface area contributed by atoms with Gasteiger partial charge in [-0.3, -0.25) is 0 Å². The lowest BCUT2D eigenvalue weighted by molar-refractivity contribution is -0.141. The number of aromatic nitrogens is 2. The van der Waals surface area contributed by atoms with E-state index in [-0.39, 0.29) is 17.4 Å². The lowest BCUT2D eigenvalue weighted by Gasteiger charge is -2.38. The van der Waals surface area contributed by atoms with Crippen LogP contribution in [-0.4, -0.2) is 16.1 Å². The zero-order valence-corrected chi connectivity index (χ0v) is 12.9. The molecule has 1 aromatic heterocycles. The zero-order valence-electron chi connectivity index (χ0n) is 12.2. The van der Waals surface area contributed by atoms with Crippen molar-refractivity contribution < 1.29 is 17.9 Å². The minimum Gasteiger partial charge on any atom is -0.474 e. The van der Waals surface area contributed by atoms with Gasteiger partial charge in [-0.05, 0) is 42.2 Å². The van der Waals surface area contributed by atoms with E-state index in [9.17, 15) is 13.2 Å². The standard InChI is InChI=1S/C14H18ClF3N2O/c1-8-4-9(7-13(2,3)6-8)21-11-5-10(14(16,17)18)19-12(15)20-11/h5,8-9H,4,6-7H2,1-3H3. The van der Waals surface area contributed by atoms with Crippen LogP contribution in [0.15, 0.2) is 6.07 Å². The van der Waals surface area contributed by atoms with Gasteiger partial charge < -0.3 is 4.74 Å². The molecule has 0 amide bonds. The van der Waals surface area contributed by atoms with Crippen molar-refractivity contribution in [1.82, 2.24) is 9.97 Å². The number of alkyl halides is 3. The first-order valence-corrected chi connectivity index (χ1v) is 7.21. The van der Waals surface area contributed by atoms with E-state index in [4.69, 9.17) is 16.3 Å². The highest BCUT2D eigenvalue weighted by atomic mass is 35.5. The van der Waals surface area contributed by atoms with Crippen molar-refractivity contribution in [1.29, 1.82) is 0 Å². The fourth-order valence-corrected chi connectivity index (χ4v) is 3.30. The van der Waals surface area contributed by atoms with Gasteiger partial charge >= 0.3 is 6.18 Å². The van der Waals surface area contributed by atoms with Crippen molar-refractivity contribution >= 4 is 11.6 Å². The largest absolute Gasteiger partial charge is 0.474 e. The molecule has 0 spiro atoms. The van der Waals surface area contributed by atoms with Gasteiger partial charge in [-0.25, -0.2) is 4.98 Å². The summed E-state index contributed by atoms with van der Waals surface area (Å²) < 4.78 is 43.8. The first-order chi connectivity index (χ1) is 9.55. The van der Waals surface area contributed by atoms with Gasteiger partial charge in [-0.1, -0.05) is 20.8 Å². The van der Waals surface area contributed by atoms with Gasteiger partial charge in [0.1, 0.15) is 6.10 Å². The molecule has 1 heterocycles. The van der Waals surface area contributed by atoms with Crippen LogP contribution in [0.25, 0.3) is 0 Å². The number of halogens is 4. The Kier molecular flexibility index (Phi) is 4.38. The third-order valence-corrected chi connectivity index (χ3v) is 3.77. The van der Waals surface area contributed by atoms with Crippen LogP contribution in [0.5, 0.6) is 5.88 Å². The Balaban J connectivity index is 2.18. The topological polar surface area (TPSA) is 35.0 Å². The number of hydrogen-bond donors (Lipinski definition) is 0. The van der Waals surface area contributed by atoms with Crippen molar-refractivity contribution in [2.24, 2.45) is 11.3 Å². The second-order valence-electron chi connectivity index (χ2n) is 6.51. The first-order valence-electron chi connectivity index (χ1n) is 6.83. The van der Waals surface area contributed by atoms with Crippen molar-refractivity contribution in [3.8, 4) is 5.88 Å². The Labute approximate surface area is 126 Å². The maximum absolute atomic E-state index is 12.7. The van der Waals surface area contributed by atoms with Crippen LogP contribution in [0.3, 0.4) is 0 Å². The molecule has 1 saturated carbocycles. The van der Waals surface area contributed by atoms with E-state index < -0.39 is 17.2 Å². The SMILES string of the molecule is CC1CC(Oc2cc(C(F)(F)F)nc(Cl)n2)CC(C)(C)C1. The van der Waals surface area contributed by atoms with E-state index in [0.717, 1.165) is 25.3 Å². The van der Waals surface area contributed by atoms with E-state index >= 15 is 0 Å². The van der Waals surface area contributed by atoms with Crippen LogP contribution >= 0.6 is 11.6 Å². The van der Waals surface area contributed by atoms with Gasteiger partial charge in [0.05, 0.1) is 0 Å². The van der Waals surface area contributed by atoms with E-state index in [1.807, 2.05) is 0 Å². The highest BCUT2D eigenvalue weighted by Crippen LogP contribution is 2.40. The second kappa shape index (κ2) is 5.63. The molecule has 1 aromatic rings. The lowest BCUT2D eigenvalue weighted by Crippen LogP contribution is -2.34. The maximum atomic E-state index is 12.7. The van der Waals surface area contributed by atoms with Gasteiger partial charge in [0.2, 0.25) is 11.2 Å². The van der Waals surface area contributed by atoms with Crippen LogP contribution in [0.2, 0.25) is 5.28 Å². The Bertz CT molecular complexity index is 519. The molecule has 2 unspecified atom stereocenters. The minimum absolute atomic E-state index is 0.103. The molecule has 0 bridgehead atoms. The molecule has 0 aliphatic heterocycles. The maximum Gasteiger partial charge on any atom is 0.433 e. The molecule has 3 nitrogen and oxygen atoms in total. The normalized spacial score (nSPS) is 25.7. The smallest absolute Gasteiger partial charge is 0.433 e. The molecule has 0 saturated heterocycles. The molecule has 7 heteroatoms.